The Morgan fingerprint density at radius 1 is 1.62 bits per heavy atom. The molecule has 0 aliphatic heterocycles. The third kappa shape index (κ3) is 2.48. The molecular formula is C8H10N2O3. The molecule has 0 aromatic carbocycles. The van der Waals surface area contributed by atoms with E-state index in [4.69, 9.17) is 5.11 Å². The van der Waals surface area contributed by atoms with Crippen molar-refractivity contribution in [2.75, 3.05) is 0 Å². The number of carboxylic acid groups (broad SMARTS) is 1. The molecule has 5 nitrogen and oxygen atoms in total. The molecule has 1 aromatic heterocycles. The summed E-state index contributed by atoms with van der Waals surface area (Å²) in [6.45, 7) is 1.23. The summed E-state index contributed by atoms with van der Waals surface area (Å²) in [6, 6.07) is 0. The Balaban J connectivity index is 2.75. The standard InChI is InChI=1S/C8H10N2O3/c1-8(13,7(11)12)4-6-5-9-2-3-10-6/h2-3,5,13H,4H2,1H3,(H,11,12). The quantitative estimate of drug-likeness (QED) is 0.679. The Bertz CT molecular complexity index is 298. The van der Waals surface area contributed by atoms with E-state index in [1.54, 1.807) is 0 Å². The summed E-state index contributed by atoms with van der Waals surface area (Å²) in [4.78, 5) is 18.1. The summed E-state index contributed by atoms with van der Waals surface area (Å²) in [5, 5.41) is 18.0. The lowest BCUT2D eigenvalue weighted by Gasteiger charge is -2.16. The lowest BCUT2D eigenvalue weighted by molar-refractivity contribution is -0.156. The molecule has 13 heavy (non-hydrogen) atoms. The third-order valence-corrected chi connectivity index (χ3v) is 1.60. The van der Waals surface area contributed by atoms with Crippen LogP contribution in [-0.4, -0.2) is 31.8 Å². The van der Waals surface area contributed by atoms with Crippen LogP contribution in [0.2, 0.25) is 0 Å². The molecule has 0 aliphatic rings. The predicted molar refractivity (Wildman–Crippen MR) is 44.0 cm³/mol. The number of hydrogen-bond acceptors (Lipinski definition) is 4. The highest BCUT2D eigenvalue weighted by molar-refractivity contribution is 5.76. The number of nitrogens with zero attached hydrogens (tertiary/aromatic N) is 2. The van der Waals surface area contributed by atoms with E-state index in [0.29, 0.717) is 5.69 Å². The fourth-order valence-electron chi connectivity index (χ4n) is 0.850. The summed E-state index contributed by atoms with van der Waals surface area (Å²) in [5.41, 5.74) is -1.33. The van der Waals surface area contributed by atoms with Gasteiger partial charge in [0.05, 0.1) is 5.69 Å². The van der Waals surface area contributed by atoms with Crippen molar-refractivity contribution in [1.29, 1.82) is 0 Å². The van der Waals surface area contributed by atoms with Gasteiger partial charge in [-0.15, -0.1) is 0 Å². The van der Waals surface area contributed by atoms with E-state index in [-0.39, 0.29) is 6.42 Å². The number of carboxylic acids is 1. The van der Waals surface area contributed by atoms with Crippen molar-refractivity contribution in [3.05, 3.63) is 24.3 Å². The molecule has 1 unspecified atom stereocenters. The maximum absolute atomic E-state index is 10.5. The van der Waals surface area contributed by atoms with E-state index in [1.807, 2.05) is 0 Å². The molecule has 0 aliphatic carbocycles. The van der Waals surface area contributed by atoms with Crippen molar-refractivity contribution in [1.82, 2.24) is 9.97 Å². The maximum Gasteiger partial charge on any atom is 0.335 e. The van der Waals surface area contributed by atoms with Crippen LogP contribution in [0.4, 0.5) is 0 Å². The number of rotatable bonds is 3. The molecule has 70 valence electrons. The molecule has 2 N–H and O–H groups in total. The SMILES string of the molecule is CC(O)(Cc1cnccn1)C(=O)O. The lowest BCUT2D eigenvalue weighted by atomic mass is 10.0. The minimum absolute atomic E-state index is 0.0455. The van der Waals surface area contributed by atoms with Crippen LogP contribution in [0, 0.1) is 0 Å². The third-order valence-electron chi connectivity index (χ3n) is 1.60. The predicted octanol–water partition coefficient (Wildman–Crippen LogP) is -0.145. The van der Waals surface area contributed by atoms with Gasteiger partial charge in [0.25, 0.3) is 0 Å². The first-order valence-corrected chi connectivity index (χ1v) is 3.73. The first kappa shape index (κ1) is 9.60. The van der Waals surface area contributed by atoms with Gasteiger partial charge < -0.3 is 10.2 Å². The van der Waals surface area contributed by atoms with Crippen LogP contribution in [-0.2, 0) is 11.2 Å². The van der Waals surface area contributed by atoms with Gasteiger partial charge in [-0.3, -0.25) is 9.97 Å². The Hall–Kier alpha value is -1.49. The highest BCUT2D eigenvalue weighted by Gasteiger charge is 2.30. The Morgan fingerprint density at radius 2 is 2.31 bits per heavy atom. The zero-order chi connectivity index (χ0) is 9.90. The van der Waals surface area contributed by atoms with E-state index >= 15 is 0 Å². The Morgan fingerprint density at radius 3 is 2.77 bits per heavy atom. The van der Waals surface area contributed by atoms with Crippen LogP contribution in [0.3, 0.4) is 0 Å². The second-order valence-electron chi connectivity index (χ2n) is 2.95. The van der Waals surface area contributed by atoms with Crippen molar-refractivity contribution in [2.45, 2.75) is 18.9 Å². The van der Waals surface area contributed by atoms with Gasteiger partial charge in [-0.05, 0) is 6.92 Å². The molecular weight excluding hydrogens is 172 g/mol. The van der Waals surface area contributed by atoms with E-state index in [2.05, 4.69) is 9.97 Å². The van der Waals surface area contributed by atoms with E-state index < -0.39 is 11.6 Å². The lowest BCUT2D eigenvalue weighted by Crippen LogP contribution is -2.37. The summed E-state index contributed by atoms with van der Waals surface area (Å²) < 4.78 is 0. The molecule has 0 radical (unpaired) electrons. The molecule has 0 fully saturated rings. The molecule has 1 heterocycles. The molecule has 0 bridgehead atoms. The monoisotopic (exact) mass is 182 g/mol. The zero-order valence-corrected chi connectivity index (χ0v) is 7.14. The van der Waals surface area contributed by atoms with E-state index in [9.17, 15) is 9.90 Å². The highest BCUT2D eigenvalue weighted by atomic mass is 16.4. The van der Waals surface area contributed by atoms with Crippen molar-refractivity contribution >= 4 is 5.97 Å². The highest BCUT2D eigenvalue weighted by Crippen LogP contribution is 2.10. The van der Waals surface area contributed by atoms with Crippen molar-refractivity contribution in [2.24, 2.45) is 0 Å². The number of aliphatic carboxylic acids is 1. The minimum Gasteiger partial charge on any atom is -0.479 e. The van der Waals surface area contributed by atoms with Gasteiger partial charge in [0.15, 0.2) is 5.60 Å². The minimum atomic E-state index is -1.78. The van der Waals surface area contributed by atoms with Crippen LogP contribution in [0.15, 0.2) is 18.6 Å². The average molecular weight is 182 g/mol. The second kappa shape index (κ2) is 3.49. The number of aromatic nitrogens is 2. The van der Waals surface area contributed by atoms with Crippen molar-refractivity contribution in [3.63, 3.8) is 0 Å². The smallest absolute Gasteiger partial charge is 0.335 e. The van der Waals surface area contributed by atoms with Gasteiger partial charge >= 0.3 is 5.97 Å². The summed E-state index contributed by atoms with van der Waals surface area (Å²) in [6.07, 6.45) is 4.32. The molecule has 0 amide bonds. The summed E-state index contributed by atoms with van der Waals surface area (Å²) in [7, 11) is 0. The molecule has 0 saturated heterocycles. The first-order chi connectivity index (χ1) is 6.02. The average Bonchev–Trinajstić information content (AvgIpc) is 2.05. The van der Waals surface area contributed by atoms with Gasteiger partial charge in [-0.1, -0.05) is 0 Å². The van der Waals surface area contributed by atoms with E-state index in [1.165, 1.54) is 25.5 Å². The largest absolute Gasteiger partial charge is 0.479 e. The van der Waals surface area contributed by atoms with Crippen LogP contribution < -0.4 is 0 Å². The second-order valence-corrected chi connectivity index (χ2v) is 2.95. The van der Waals surface area contributed by atoms with Crippen LogP contribution in [0.5, 0.6) is 0 Å². The topological polar surface area (TPSA) is 83.3 Å². The molecule has 0 spiro atoms. The number of hydrogen-bond donors (Lipinski definition) is 2. The fourth-order valence-corrected chi connectivity index (χ4v) is 0.850. The summed E-state index contributed by atoms with van der Waals surface area (Å²) in [5.74, 6) is -1.27. The van der Waals surface area contributed by atoms with Gasteiger partial charge in [0.1, 0.15) is 0 Å². The van der Waals surface area contributed by atoms with Crippen LogP contribution >= 0.6 is 0 Å². The normalized spacial score (nSPS) is 14.9. The van der Waals surface area contributed by atoms with Crippen LogP contribution in [0.25, 0.3) is 0 Å². The van der Waals surface area contributed by atoms with Gasteiger partial charge in [-0.25, -0.2) is 4.79 Å². The summed E-state index contributed by atoms with van der Waals surface area (Å²) >= 11 is 0. The molecule has 0 saturated carbocycles. The molecule has 1 rings (SSSR count). The Labute approximate surface area is 75.1 Å². The molecule has 1 aromatic rings. The Kier molecular flexibility index (Phi) is 2.57. The van der Waals surface area contributed by atoms with Crippen molar-refractivity contribution in [3.8, 4) is 0 Å². The number of carbonyl (C=O) groups is 1. The van der Waals surface area contributed by atoms with E-state index in [0.717, 1.165) is 0 Å². The number of aliphatic hydroxyl groups is 1. The van der Waals surface area contributed by atoms with Crippen molar-refractivity contribution < 1.29 is 15.0 Å². The zero-order valence-electron chi connectivity index (χ0n) is 7.14. The van der Waals surface area contributed by atoms with Gasteiger partial charge in [-0.2, -0.15) is 0 Å². The van der Waals surface area contributed by atoms with Gasteiger partial charge in [0, 0.05) is 25.0 Å². The van der Waals surface area contributed by atoms with Crippen LogP contribution in [0.1, 0.15) is 12.6 Å². The molecule has 1 atom stereocenters. The first-order valence-electron chi connectivity index (χ1n) is 3.73. The van der Waals surface area contributed by atoms with Gasteiger partial charge in [0.2, 0.25) is 0 Å². The fraction of sp³-hybridized carbons (Fsp3) is 0.375. The molecule has 5 heteroatoms. The maximum atomic E-state index is 10.5.